The van der Waals surface area contributed by atoms with Crippen molar-refractivity contribution in [2.24, 2.45) is 0 Å². The highest BCUT2D eigenvalue weighted by Crippen LogP contribution is 2.31. The Morgan fingerprint density at radius 3 is 2.80 bits per heavy atom. The lowest BCUT2D eigenvalue weighted by atomic mass is 9.97. The molecule has 136 valence electrons. The zero-order valence-electron chi connectivity index (χ0n) is 14.6. The van der Waals surface area contributed by atoms with Gasteiger partial charge in [-0.15, -0.1) is 0 Å². The number of allylic oxidation sites excluding steroid dienone is 1. The van der Waals surface area contributed by atoms with E-state index in [2.05, 4.69) is 11.4 Å². The van der Waals surface area contributed by atoms with E-state index in [4.69, 9.17) is 9.47 Å². The number of nitrogens with zero attached hydrogens (tertiary/aromatic N) is 1. The standard InChI is InChI=1S/C18H24N2O5/c1-13(18(21)19-11-10-14-6-4-3-5-7-14)25-17-12-15(20(22)23)8-9-16(17)24-2/h6,8-9,12-13H,3-5,7,10-11H2,1-2H3,(H,19,21)/t13-/m1/s1. The van der Waals surface area contributed by atoms with Crippen molar-refractivity contribution in [1.82, 2.24) is 5.32 Å². The van der Waals surface area contributed by atoms with Crippen LogP contribution in [0.5, 0.6) is 11.5 Å². The Bertz CT molecular complexity index is 657. The van der Waals surface area contributed by atoms with E-state index >= 15 is 0 Å². The van der Waals surface area contributed by atoms with Gasteiger partial charge in [-0.3, -0.25) is 14.9 Å². The molecule has 2 rings (SSSR count). The van der Waals surface area contributed by atoms with E-state index in [-0.39, 0.29) is 17.3 Å². The molecule has 0 spiro atoms. The maximum Gasteiger partial charge on any atom is 0.273 e. The van der Waals surface area contributed by atoms with Crippen LogP contribution >= 0.6 is 0 Å². The molecule has 1 amide bonds. The van der Waals surface area contributed by atoms with Gasteiger partial charge in [0.05, 0.1) is 18.1 Å². The summed E-state index contributed by atoms with van der Waals surface area (Å²) in [4.78, 5) is 22.5. The number of carbonyl (C=O) groups is 1. The van der Waals surface area contributed by atoms with Crippen molar-refractivity contribution < 1.29 is 19.2 Å². The summed E-state index contributed by atoms with van der Waals surface area (Å²) in [5, 5.41) is 13.7. The maximum atomic E-state index is 12.2. The third kappa shape index (κ3) is 5.48. The topological polar surface area (TPSA) is 90.7 Å². The van der Waals surface area contributed by atoms with Crippen LogP contribution in [0, 0.1) is 10.1 Å². The lowest BCUT2D eigenvalue weighted by molar-refractivity contribution is -0.385. The molecule has 0 aliphatic heterocycles. The monoisotopic (exact) mass is 348 g/mol. The summed E-state index contributed by atoms with van der Waals surface area (Å²) in [5.41, 5.74) is 1.27. The van der Waals surface area contributed by atoms with E-state index in [1.807, 2.05) is 0 Å². The minimum Gasteiger partial charge on any atom is -0.493 e. The Hall–Kier alpha value is -2.57. The summed E-state index contributed by atoms with van der Waals surface area (Å²) >= 11 is 0. The number of amides is 1. The first-order valence-electron chi connectivity index (χ1n) is 8.46. The van der Waals surface area contributed by atoms with Crippen LogP contribution in [0.4, 0.5) is 5.69 Å². The normalized spacial score (nSPS) is 15.0. The second kappa shape index (κ2) is 9.05. The summed E-state index contributed by atoms with van der Waals surface area (Å²) in [7, 11) is 1.44. The van der Waals surface area contributed by atoms with Gasteiger partial charge in [-0.1, -0.05) is 11.6 Å². The molecule has 0 unspecified atom stereocenters. The summed E-state index contributed by atoms with van der Waals surface area (Å²) in [5.74, 6) is 0.261. The van der Waals surface area contributed by atoms with Crippen LogP contribution in [0.2, 0.25) is 0 Å². The Balaban J connectivity index is 1.90. The quantitative estimate of drug-likeness (QED) is 0.442. The molecular weight excluding hydrogens is 324 g/mol. The molecule has 1 aromatic carbocycles. The van der Waals surface area contributed by atoms with Gasteiger partial charge in [0.25, 0.3) is 11.6 Å². The van der Waals surface area contributed by atoms with Gasteiger partial charge in [0.1, 0.15) is 0 Å². The van der Waals surface area contributed by atoms with Crippen molar-refractivity contribution in [3.8, 4) is 11.5 Å². The van der Waals surface area contributed by atoms with Crippen molar-refractivity contribution in [3.63, 3.8) is 0 Å². The molecule has 0 fully saturated rings. The first-order valence-corrected chi connectivity index (χ1v) is 8.46. The summed E-state index contributed by atoms with van der Waals surface area (Å²) in [6.07, 6.45) is 7.00. The number of nitro benzene ring substituents is 1. The summed E-state index contributed by atoms with van der Waals surface area (Å²) in [6, 6.07) is 4.04. The van der Waals surface area contributed by atoms with Gasteiger partial charge in [-0.25, -0.2) is 0 Å². The van der Waals surface area contributed by atoms with Crippen molar-refractivity contribution >= 4 is 11.6 Å². The minimum absolute atomic E-state index is 0.118. The molecule has 1 N–H and O–H groups in total. The molecule has 0 heterocycles. The fourth-order valence-electron chi connectivity index (χ4n) is 2.74. The number of nitro groups is 1. The number of carbonyl (C=O) groups excluding carboxylic acids is 1. The number of nitrogens with one attached hydrogen (secondary N) is 1. The molecule has 0 bridgehead atoms. The highest BCUT2D eigenvalue weighted by Gasteiger charge is 2.19. The lowest BCUT2D eigenvalue weighted by Gasteiger charge is -2.17. The van der Waals surface area contributed by atoms with E-state index in [1.165, 1.54) is 43.7 Å². The van der Waals surface area contributed by atoms with Crippen LogP contribution in [-0.4, -0.2) is 30.6 Å². The molecule has 0 aromatic heterocycles. The highest BCUT2D eigenvalue weighted by molar-refractivity contribution is 5.80. The number of methoxy groups -OCH3 is 1. The fraction of sp³-hybridized carbons (Fsp3) is 0.500. The van der Waals surface area contributed by atoms with Crippen LogP contribution in [0.3, 0.4) is 0 Å². The molecule has 25 heavy (non-hydrogen) atoms. The zero-order valence-corrected chi connectivity index (χ0v) is 14.6. The van der Waals surface area contributed by atoms with Crippen molar-refractivity contribution in [2.75, 3.05) is 13.7 Å². The van der Waals surface area contributed by atoms with Crippen LogP contribution in [0.15, 0.2) is 29.8 Å². The number of ether oxygens (including phenoxy) is 2. The van der Waals surface area contributed by atoms with Gasteiger partial charge in [0, 0.05) is 12.6 Å². The molecule has 1 atom stereocenters. The second-order valence-electron chi connectivity index (χ2n) is 6.00. The van der Waals surface area contributed by atoms with E-state index in [0.29, 0.717) is 12.3 Å². The largest absolute Gasteiger partial charge is 0.493 e. The third-order valence-electron chi connectivity index (χ3n) is 4.16. The third-order valence-corrected chi connectivity index (χ3v) is 4.16. The SMILES string of the molecule is COc1ccc([N+](=O)[O-])cc1O[C@H](C)C(=O)NCCC1=CCCCC1. The van der Waals surface area contributed by atoms with E-state index < -0.39 is 11.0 Å². The molecule has 1 aromatic rings. The Labute approximate surface area is 147 Å². The van der Waals surface area contributed by atoms with Crippen molar-refractivity contribution in [1.29, 1.82) is 0 Å². The summed E-state index contributed by atoms with van der Waals surface area (Å²) in [6.45, 7) is 2.16. The zero-order chi connectivity index (χ0) is 18.2. The van der Waals surface area contributed by atoms with Crippen LogP contribution in [-0.2, 0) is 4.79 Å². The van der Waals surface area contributed by atoms with Gasteiger partial charge in [-0.05, 0) is 45.1 Å². The fourth-order valence-corrected chi connectivity index (χ4v) is 2.74. The van der Waals surface area contributed by atoms with Crippen molar-refractivity contribution in [2.45, 2.75) is 45.1 Å². The predicted octanol–water partition coefficient (Wildman–Crippen LogP) is 3.38. The number of benzene rings is 1. The molecule has 1 aliphatic carbocycles. The average Bonchev–Trinajstić information content (AvgIpc) is 2.62. The highest BCUT2D eigenvalue weighted by atomic mass is 16.6. The Morgan fingerprint density at radius 1 is 1.36 bits per heavy atom. The number of non-ortho nitro benzene ring substituents is 1. The molecule has 7 nitrogen and oxygen atoms in total. The Morgan fingerprint density at radius 2 is 2.16 bits per heavy atom. The van der Waals surface area contributed by atoms with Gasteiger partial charge in [0.15, 0.2) is 17.6 Å². The second-order valence-corrected chi connectivity index (χ2v) is 6.00. The van der Waals surface area contributed by atoms with Crippen LogP contribution < -0.4 is 14.8 Å². The molecular formula is C18H24N2O5. The molecule has 1 aliphatic rings. The Kier molecular flexibility index (Phi) is 6.80. The van der Waals surface area contributed by atoms with E-state index in [1.54, 1.807) is 6.92 Å². The molecule has 7 heteroatoms. The van der Waals surface area contributed by atoms with E-state index in [9.17, 15) is 14.9 Å². The van der Waals surface area contributed by atoms with Gasteiger partial charge < -0.3 is 14.8 Å². The average molecular weight is 348 g/mol. The molecule has 0 saturated carbocycles. The lowest BCUT2D eigenvalue weighted by Crippen LogP contribution is -2.37. The summed E-state index contributed by atoms with van der Waals surface area (Å²) < 4.78 is 10.7. The predicted molar refractivity (Wildman–Crippen MR) is 93.9 cm³/mol. The van der Waals surface area contributed by atoms with Gasteiger partial charge in [-0.2, -0.15) is 0 Å². The van der Waals surface area contributed by atoms with Gasteiger partial charge >= 0.3 is 0 Å². The van der Waals surface area contributed by atoms with Crippen LogP contribution in [0.1, 0.15) is 39.0 Å². The first-order chi connectivity index (χ1) is 12.0. The van der Waals surface area contributed by atoms with Crippen LogP contribution in [0.25, 0.3) is 0 Å². The molecule has 0 saturated heterocycles. The molecule has 0 radical (unpaired) electrons. The smallest absolute Gasteiger partial charge is 0.273 e. The maximum absolute atomic E-state index is 12.2. The first kappa shape index (κ1) is 18.8. The minimum atomic E-state index is -0.781. The number of hydrogen-bond acceptors (Lipinski definition) is 5. The van der Waals surface area contributed by atoms with Crippen molar-refractivity contribution in [3.05, 3.63) is 40.0 Å². The number of hydrogen-bond donors (Lipinski definition) is 1. The number of rotatable bonds is 8. The van der Waals surface area contributed by atoms with Gasteiger partial charge in [0.2, 0.25) is 0 Å². The van der Waals surface area contributed by atoms with E-state index in [0.717, 1.165) is 19.3 Å².